The number of amides is 1. The third-order valence-electron chi connectivity index (χ3n) is 3.52. The van der Waals surface area contributed by atoms with Crippen LogP contribution in [0.2, 0.25) is 0 Å². The summed E-state index contributed by atoms with van der Waals surface area (Å²) in [6.45, 7) is 0.716. The maximum atomic E-state index is 12.3. The molecule has 1 aliphatic rings. The van der Waals surface area contributed by atoms with Gasteiger partial charge in [0.25, 0.3) is 5.91 Å². The summed E-state index contributed by atoms with van der Waals surface area (Å²) in [7, 11) is 3.63. The van der Waals surface area contributed by atoms with Gasteiger partial charge in [0.2, 0.25) is 0 Å². The van der Waals surface area contributed by atoms with Crippen LogP contribution < -0.4 is 5.32 Å². The first kappa shape index (κ1) is 12.9. The standard InChI is InChI=1S/C14H20N2O2/c1-15-13-6-4-3-5-12(13)14(18)16(2)9-10-7-11(17)8-10/h3-6,10-11,15,17H,7-9H2,1-2H3. The lowest BCUT2D eigenvalue weighted by molar-refractivity contribution is 0.0265. The molecular weight excluding hydrogens is 228 g/mol. The van der Waals surface area contributed by atoms with Gasteiger partial charge < -0.3 is 15.3 Å². The van der Waals surface area contributed by atoms with Crippen molar-refractivity contribution in [1.82, 2.24) is 4.90 Å². The van der Waals surface area contributed by atoms with Gasteiger partial charge in [0, 0.05) is 26.3 Å². The summed E-state index contributed by atoms with van der Waals surface area (Å²) in [6, 6.07) is 7.51. The predicted molar refractivity (Wildman–Crippen MR) is 71.7 cm³/mol. The second-order valence-electron chi connectivity index (χ2n) is 4.97. The van der Waals surface area contributed by atoms with E-state index >= 15 is 0 Å². The molecule has 98 valence electrons. The average molecular weight is 248 g/mol. The van der Waals surface area contributed by atoms with Gasteiger partial charge in [-0.15, -0.1) is 0 Å². The Labute approximate surface area is 108 Å². The number of carbonyl (C=O) groups excluding carboxylic acids is 1. The van der Waals surface area contributed by atoms with Crippen molar-refractivity contribution in [3.05, 3.63) is 29.8 Å². The number of nitrogens with zero attached hydrogens (tertiary/aromatic N) is 1. The van der Waals surface area contributed by atoms with Crippen LogP contribution in [0.3, 0.4) is 0 Å². The SMILES string of the molecule is CNc1ccccc1C(=O)N(C)CC1CC(O)C1. The molecule has 1 aromatic rings. The van der Waals surface area contributed by atoms with Crippen molar-refractivity contribution in [2.45, 2.75) is 18.9 Å². The fraction of sp³-hybridized carbons (Fsp3) is 0.500. The van der Waals surface area contributed by atoms with Gasteiger partial charge in [-0.25, -0.2) is 0 Å². The number of anilines is 1. The lowest BCUT2D eigenvalue weighted by atomic mass is 9.82. The highest BCUT2D eigenvalue weighted by Gasteiger charge is 2.29. The summed E-state index contributed by atoms with van der Waals surface area (Å²) in [5.74, 6) is 0.469. The lowest BCUT2D eigenvalue weighted by Gasteiger charge is -2.34. The van der Waals surface area contributed by atoms with E-state index in [0.29, 0.717) is 18.0 Å². The molecule has 1 aromatic carbocycles. The van der Waals surface area contributed by atoms with Gasteiger partial charge in [-0.2, -0.15) is 0 Å². The molecule has 4 nitrogen and oxygen atoms in total. The quantitative estimate of drug-likeness (QED) is 0.850. The van der Waals surface area contributed by atoms with E-state index in [1.165, 1.54) is 0 Å². The topological polar surface area (TPSA) is 52.6 Å². The number of aliphatic hydroxyl groups excluding tert-OH is 1. The first-order chi connectivity index (χ1) is 8.61. The summed E-state index contributed by atoms with van der Waals surface area (Å²) in [5, 5.41) is 12.3. The highest BCUT2D eigenvalue weighted by atomic mass is 16.3. The zero-order valence-electron chi connectivity index (χ0n) is 10.9. The van der Waals surface area contributed by atoms with Gasteiger partial charge >= 0.3 is 0 Å². The van der Waals surface area contributed by atoms with Gasteiger partial charge in [-0.3, -0.25) is 4.79 Å². The second kappa shape index (κ2) is 5.40. The number of benzene rings is 1. The van der Waals surface area contributed by atoms with Crippen LogP contribution in [0.1, 0.15) is 23.2 Å². The molecular formula is C14H20N2O2. The molecule has 0 atom stereocenters. The van der Waals surface area contributed by atoms with Crippen molar-refractivity contribution in [3.63, 3.8) is 0 Å². The van der Waals surface area contributed by atoms with Crippen LogP contribution in [0.25, 0.3) is 0 Å². The Balaban J connectivity index is 2.01. The molecule has 1 amide bonds. The first-order valence-corrected chi connectivity index (χ1v) is 6.32. The van der Waals surface area contributed by atoms with E-state index in [-0.39, 0.29) is 12.0 Å². The lowest BCUT2D eigenvalue weighted by Crippen LogP contribution is -2.39. The van der Waals surface area contributed by atoms with E-state index in [4.69, 9.17) is 0 Å². The summed E-state index contributed by atoms with van der Waals surface area (Å²) in [4.78, 5) is 14.0. The van der Waals surface area contributed by atoms with E-state index in [0.717, 1.165) is 18.5 Å². The maximum Gasteiger partial charge on any atom is 0.255 e. The summed E-state index contributed by atoms with van der Waals surface area (Å²) in [5.41, 5.74) is 1.55. The summed E-state index contributed by atoms with van der Waals surface area (Å²) < 4.78 is 0. The van der Waals surface area contributed by atoms with E-state index in [2.05, 4.69) is 5.32 Å². The van der Waals surface area contributed by atoms with Crippen LogP contribution in [0, 0.1) is 5.92 Å². The van der Waals surface area contributed by atoms with Gasteiger partial charge in [0.05, 0.1) is 11.7 Å². The number of rotatable bonds is 4. The number of para-hydroxylation sites is 1. The zero-order chi connectivity index (χ0) is 13.1. The van der Waals surface area contributed by atoms with E-state index in [1.54, 1.807) is 4.90 Å². The Bertz CT molecular complexity index is 428. The molecule has 0 saturated heterocycles. The Morgan fingerprint density at radius 1 is 1.44 bits per heavy atom. The predicted octanol–water partition coefficient (Wildman–Crippen LogP) is 1.57. The van der Waals surface area contributed by atoms with Crippen molar-refractivity contribution in [2.75, 3.05) is 26.0 Å². The number of nitrogens with one attached hydrogen (secondary N) is 1. The number of aliphatic hydroxyl groups is 1. The molecule has 2 rings (SSSR count). The van der Waals surface area contributed by atoms with Crippen LogP contribution in [-0.2, 0) is 0 Å². The molecule has 18 heavy (non-hydrogen) atoms. The first-order valence-electron chi connectivity index (χ1n) is 6.32. The van der Waals surface area contributed by atoms with E-state index in [9.17, 15) is 9.90 Å². The van der Waals surface area contributed by atoms with Crippen molar-refractivity contribution >= 4 is 11.6 Å². The fourth-order valence-corrected chi connectivity index (χ4v) is 2.41. The number of carbonyl (C=O) groups is 1. The minimum atomic E-state index is -0.164. The summed E-state index contributed by atoms with van der Waals surface area (Å²) >= 11 is 0. The molecule has 0 heterocycles. The Morgan fingerprint density at radius 3 is 2.72 bits per heavy atom. The highest BCUT2D eigenvalue weighted by molar-refractivity contribution is 5.99. The molecule has 0 radical (unpaired) electrons. The highest BCUT2D eigenvalue weighted by Crippen LogP contribution is 2.28. The zero-order valence-corrected chi connectivity index (χ0v) is 10.9. The van der Waals surface area contributed by atoms with Crippen LogP contribution in [0.5, 0.6) is 0 Å². The number of hydrogen-bond acceptors (Lipinski definition) is 3. The Kier molecular flexibility index (Phi) is 3.87. The van der Waals surface area contributed by atoms with Crippen LogP contribution in [-0.4, -0.2) is 42.7 Å². The second-order valence-corrected chi connectivity index (χ2v) is 4.97. The minimum Gasteiger partial charge on any atom is -0.393 e. The molecule has 4 heteroatoms. The normalized spacial score (nSPS) is 22.2. The average Bonchev–Trinajstić information content (AvgIpc) is 2.35. The molecule has 1 aliphatic carbocycles. The maximum absolute atomic E-state index is 12.3. The number of hydrogen-bond donors (Lipinski definition) is 2. The Morgan fingerprint density at radius 2 is 2.11 bits per heavy atom. The van der Waals surface area contributed by atoms with Crippen LogP contribution in [0.4, 0.5) is 5.69 Å². The molecule has 0 spiro atoms. The largest absolute Gasteiger partial charge is 0.393 e. The van der Waals surface area contributed by atoms with Gasteiger partial charge in [0.15, 0.2) is 0 Å². The van der Waals surface area contributed by atoms with Gasteiger partial charge in [-0.1, -0.05) is 12.1 Å². The van der Waals surface area contributed by atoms with E-state index < -0.39 is 0 Å². The smallest absolute Gasteiger partial charge is 0.255 e. The van der Waals surface area contributed by atoms with Gasteiger partial charge in [-0.05, 0) is 30.9 Å². The molecule has 2 N–H and O–H groups in total. The van der Waals surface area contributed by atoms with Crippen molar-refractivity contribution < 1.29 is 9.90 Å². The molecule has 0 aliphatic heterocycles. The van der Waals surface area contributed by atoms with E-state index in [1.807, 2.05) is 38.4 Å². The van der Waals surface area contributed by atoms with Crippen LogP contribution in [0.15, 0.2) is 24.3 Å². The molecule has 0 unspecified atom stereocenters. The molecule has 0 bridgehead atoms. The van der Waals surface area contributed by atoms with Gasteiger partial charge in [0.1, 0.15) is 0 Å². The molecule has 1 fully saturated rings. The fourth-order valence-electron chi connectivity index (χ4n) is 2.41. The van der Waals surface area contributed by atoms with Crippen molar-refractivity contribution in [1.29, 1.82) is 0 Å². The van der Waals surface area contributed by atoms with Crippen molar-refractivity contribution in [3.8, 4) is 0 Å². The monoisotopic (exact) mass is 248 g/mol. The minimum absolute atomic E-state index is 0.0290. The molecule has 0 aromatic heterocycles. The third kappa shape index (κ3) is 2.64. The van der Waals surface area contributed by atoms with Crippen molar-refractivity contribution in [2.24, 2.45) is 5.92 Å². The Hall–Kier alpha value is -1.55. The molecule has 1 saturated carbocycles. The third-order valence-corrected chi connectivity index (χ3v) is 3.52. The summed E-state index contributed by atoms with van der Waals surface area (Å²) in [6.07, 6.45) is 1.46. The van der Waals surface area contributed by atoms with Crippen LogP contribution >= 0.6 is 0 Å².